The van der Waals surface area contributed by atoms with Crippen molar-refractivity contribution in [1.29, 1.82) is 0 Å². The summed E-state index contributed by atoms with van der Waals surface area (Å²) in [6.07, 6.45) is 4.18. The number of hydrogen-bond acceptors (Lipinski definition) is 20. The molecule has 1 aliphatic heterocycles. The van der Waals surface area contributed by atoms with E-state index in [-0.39, 0.29) is 100 Å². The van der Waals surface area contributed by atoms with E-state index in [1.807, 2.05) is 42.5 Å². The number of carbonyl (C=O) groups is 11. The monoisotopic (exact) mass is 1700 g/mol. The summed E-state index contributed by atoms with van der Waals surface area (Å²) in [4.78, 5) is 170. The Bertz CT molecular complexity index is 5090. The lowest BCUT2D eigenvalue weighted by Gasteiger charge is -2.30. The fourth-order valence-electron chi connectivity index (χ4n) is 14.0. The summed E-state index contributed by atoms with van der Waals surface area (Å²) < 4.78 is 27.7. The number of hydrogen-bond donors (Lipinski definition) is 14. The van der Waals surface area contributed by atoms with E-state index < -0.39 is 126 Å². The molecule has 7 aromatic carbocycles. The van der Waals surface area contributed by atoms with E-state index in [1.165, 1.54) is 35.4 Å². The maximum atomic E-state index is 15.7. The summed E-state index contributed by atoms with van der Waals surface area (Å²) in [5, 5.41) is 38.1. The zero-order valence-corrected chi connectivity index (χ0v) is 70.0. The fourth-order valence-corrected chi connectivity index (χ4v) is 16.1. The van der Waals surface area contributed by atoms with Crippen molar-refractivity contribution in [1.82, 2.24) is 62.7 Å². The van der Waals surface area contributed by atoms with E-state index in [2.05, 4.69) is 57.8 Å². The molecule has 1 saturated heterocycles. The molecule has 3 heterocycles. The van der Waals surface area contributed by atoms with E-state index >= 15 is 28.8 Å². The number of unbranched alkanes of at least 4 members (excludes halogenated alkanes) is 1. The number of methoxy groups -OCH3 is 4. The van der Waals surface area contributed by atoms with Crippen LogP contribution in [0.5, 0.6) is 28.7 Å². The van der Waals surface area contributed by atoms with Crippen LogP contribution in [0.2, 0.25) is 0 Å². The number of para-hydroxylation sites is 2. The Morgan fingerprint density at radius 1 is 0.549 bits per heavy atom. The molecule has 16 N–H and O–H groups in total. The first-order chi connectivity index (χ1) is 59.0. The third-order valence-corrected chi connectivity index (χ3v) is 22.7. The van der Waals surface area contributed by atoms with Crippen molar-refractivity contribution in [3.63, 3.8) is 0 Å². The number of nitrogens with zero attached hydrogens (tertiary/aromatic N) is 1. The first-order valence-electron chi connectivity index (χ1n) is 40.0. The van der Waals surface area contributed by atoms with Gasteiger partial charge < -0.3 is 103 Å². The maximum Gasteiger partial charge on any atom is 0.412 e. The summed E-state index contributed by atoms with van der Waals surface area (Å²) in [6, 6.07) is 37.1. The second kappa shape index (κ2) is 46.1. The van der Waals surface area contributed by atoms with Gasteiger partial charge in [0.1, 0.15) is 48.3 Å². The highest BCUT2D eigenvalue weighted by molar-refractivity contribution is 8.76. The number of primary amides is 1. The highest BCUT2D eigenvalue weighted by atomic mass is 33.1. The SMILES string of the molecule is COc1ccc(/C=C\c2cc(OC)c(OC)c(OC)c2)cc1OC(=O)NCCCC(=O)N[C@H](Cc1ccccc1)C(=O)N[C@H]1CSSCCN(CC(N)=O)C(=O)[C@H](Cc2ccccc2)NC(=O)[C@H]([C@@H](C)O)NC(=O)[C@H](CCCCN)NC(=O)[C@H](Cc2c[nH]c3ccccc23)NC(=O)[C@@H](Cc2c[nH]c3ccccc23)NC(=O)[C@H](Cc2ccccc2)NC1=O. The Balaban J connectivity index is 0.959. The maximum absolute atomic E-state index is 15.7. The molecule has 0 radical (unpaired) electrons. The number of aliphatic hydroxyl groups excluding tert-OH is 1. The number of H-pyrrole nitrogens is 2. The number of benzene rings is 7. The standard InChI is InChI=1S/C89H104N14O17S2/c1-54(104)79-87(113)100-71(44-57-26-13-8-14-27-57)88(114)103(52-77(91)105)40-41-121-122-53-72(101-82(108)67(42-55-22-9-6-10-23-55)95-78(106)33-21-39-92-89(115)120-74-45-58(36-37-73(74)116-2)34-35-59-46-75(117-3)80(119-5)76(47-59)118-4)86(112)97-68(43-56-24-11-7-12-25-56)83(109)98-70(49-61-51-94-65-31-18-16-29-63(61)65)85(111)99-69(48-60-50-93-64-30-17-15-28-62(60)64)84(110)96-66(81(107)102-79)32-19-20-38-90/h6-18,22-31,34-37,45-47,50-51,54,66-72,79,93-94,104H,19-21,32-33,38-44,48-49,52-53,90H2,1-5H3,(H2,91,105)(H,92,115)(H,95,106)(H,96,110)(H,97,112)(H,98,109)(H,99,111)(H,100,113)(H,101,108)(H,102,107)/b35-34-/t54-,66+,67-,68+,69+,70-,71+,72+,79+/m1/s1. The summed E-state index contributed by atoms with van der Waals surface area (Å²) in [7, 11) is 8.15. The van der Waals surface area contributed by atoms with E-state index in [9.17, 15) is 29.1 Å². The molecule has 9 atom stereocenters. The number of aromatic nitrogens is 2. The average Bonchev–Trinajstić information content (AvgIpc) is 1.75. The van der Waals surface area contributed by atoms with Crippen LogP contribution in [0.3, 0.4) is 0 Å². The predicted octanol–water partition coefficient (Wildman–Crippen LogP) is 6.03. The van der Waals surface area contributed by atoms with Crippen molar-refractivity contribution in [2.45, 2.75) is 126 Å². The smallest absolute Gasteiger partial charge is 0.412 e. The number of aliphatic hydroxyl groups is 1. The largest absolute Gasteiger partial charge is 0.493 e. The molecule has 0 aliphatic carbocycles. The third kappa shape index (κ3) is 26.6. The number of fused-ring (bicyclic) bond motifs is 2. The minimum Gasteiger partial charge on any atom is -0.493 e. The highest BCUT2D eigenvalue weighted by Crippen LogP contribution is 2.39. The molecule has 0 spiro atoms. The number of rotatable bonds is 31. The molecule has 1 aliphatic rings. The van der Waals surface area contributed by atoms with Gasteiger partial charge in [-0.2, -0.15) is 0 Å². The molecule has 644 valence electrons. The van der Waals surface area contributed by atoms with Gasteiger partial charge in [0.15, 0.2) is 23.0 Å². The van der Waals surface area contributed by atoms with Gasteiger partial charge in [-0.25, -0.2) is 4.79 Å². The average molecular weight is 1710 g/mol. The van der Waals surface area contributed by atoms with E-state index in [0.717, 1.165) is 32.1 Å². The van der Waals surface area contributed by atoms with Crippen molar-refractivity contribution >= 4 is 121 Å². The zero-order valence-electron chi connectivity index (χ0n) is 68.4. The Hall–Kier alpha value is -12.9. The van der Waals surface area contributed by atoms with Gasteiger partial charge in [0, 0.05) is 97.3 Å². The van der Waals surface area contributed by atoms with Crippen LogP contribution in [-0.4, -0.2) is 206 Å². The van der Waals surface area contributed by atoms with E-state index in [0.29, 0.717) is 78.9 Å². The second-order valence-electron chi connectivity index (χ2n) is 29.1. The summed E-state index contributed by atoms with van der Waals surface area (Å²) in [5.74, 6) is -7.05. The lowest BCUT2D eigenvalue weighted by atomic mass is 10.00. The van der Waals surface area contributed by atoms with Gasteiger partial charge in [0.05, 0.1) is 41.1 Å². The van der Waals surface area contributed by atoms with Gasteiger partial charge in [0.25, 0.3) is 0 Å². The Morgan fingerprint density at radius 2 is 1.06 bits per heavy atom. The minimum absolute atomic E-state index is 0.0285. The first kappa shape index (κ1) is 91.5. The Kier molecular flexibility index (Phi) is 34.5. The molecular weight excluding hydrogens is 1600 g/mol. The van der Waals surface area contributed by atoms with Crippen molar-refractivity contribution in [2.24, 2.45) is 11.5 Å². The first-order valence-corrected chi connectivity index (χ1v) is 42.5. The van der Waals surface area contributed by atoms with Crippen molar-refractivity contribution in [2.75, 3.05) is 66.1 Å². The van der Waals surface area contributed by atoms with Crippen LogP contribution in [0.15, 0.2) is 182 Å². The normalized spacial score (nSPS) is 18.7. The molecule has 0 saturated carbocycles. The van der Waals surface area contributed by atoms with Crippen LogP contribution in [0.4, 0.5) is 4.79 Å². The van der Waals surface area contributed by atoms with Crippen LogP contribution < -0.4 is 83.0 Å². The quantitative estimate of drug-likeness (QED) is 0.0134. The number of nitrogens with one attached hydrogen (secondary N) is 11. The molecule has 9 aromatic rings. The van der Waals surface area contributed by atoms with Gasteiger partial charge in [-0.1, -0.05) is 167 Å². The predicted molar refractivity (Wildman–Crippen MR) is 466 cm³/mol. The van der Waals surface area contributed by atoms with Gasteiger partial charge in [-0.3, -0.25) is 47.9 Å². The van der Waals surface area contributed by atoms with E-state index in [4.69, 9.17) is 35.2 Å². The van der Waals surface area contributed by atoms with Crippen LogP contribution >= 0.6 is 21.6 Å². The van der Waals surface area contributed by atoms with Crippen molar-refractivity contribution in [3.05, 3.63) is 221 Å². The van der Waals surface area contributed by atoms with Crippen LogP contribution in [-0.2, 0) is 80.0 Å². The molecular formula is C89H104N14O17S2. The highest BCUT2D eigenvalue weighted by Gasteiger charge is 2.38. The molecule has 1 fully saturated rings. The molecule has 31 nitrogen and oxygen atoms in total. The molecule has 122 heavy (non-hydrogen) atoms. The molecule has 0 bridgehead atoms. The van der Waals surface area contributed by atoms with E-state index in [1.54, 1.807) is 152 Å². The lowest BCUT2D eigenvalue weighted by Crippen LogP contribution is -2.62. The molecule has 0 unspecified atom stereocenters. The topological polar surface area (TPSA) is 449 Å². The zero-order chi connectivity index (χ0) is 87.0. The van der Waals surface area contributed by atoms with Gasteiger partial charge in [-0.05, 0) is 114 Å². The summed E-state index contributed by atoms with van der Waals surface area (Å²) in [5.41, 5.74) is 17.5. The van der Waals surface area contributed by atoms with Crippen LogP contribution in [0.25, 0.3) is 34.0 Å². The molecule has 33 heteroatoms. The minimum atomic E-state index is -1.76. The number of nitrogens with two attached hydrogens (primary N) is 2. The number of aromatic amines is 2. The van der Waals surface area contributed by atoms with Crippen molar-refractivity contribution < 1.29 is 81.5 Å². The number of ether oxygens (including phenoxy) is 5. The molecule has 10 rings (SSSR count). The summed E-state index contributed by atoms with van der Waals surface area (Å²) in [6.45, 7) is 0.578. The fraction of sp³-hybridized carbons (Fsp3) is 0.337. The Labute approximate surface area is 714 Å². The van der Waals surface area contributed by atoms with Crippen LogP contribution in [0, 0.1) is 0 Å². The number of carbonyl (C=O) groups excluding carboxylic acids is 11. The van der Waals surface area contributed by atoms with Crippen LogP contribution in [0.1, 0.15) is 78.0 Å². The molecule has 2 aromatic heterocycles. The van der Waals surface area contributed by atoms with Gasteiger partial charge >= 0.3 is 6.09 Å². The second-order valence-corrected chi connectivity index (χ2v) is 31.8. The van der Waals surface area contributed by atoms with Gasteiger partial charge in [0.2, 0.25) is 64.8 Å². The lowest BCUT2D eigenvalue weighted by molar-refractivity contribution is -0.140. The van der Waals surface area contributed by atoms with Crippen molar-refractivity contribution in [3.8, 4) is 28.7 Å². The summed E-state index contributed by atoms with van der Waals surface area (Å²) >= 11 is 0. The third-order valence-electron chi connectivity index (χ3n) is 20.3. The Morgan fingerprint density at radius 3 is 1.61 bits per heavy atom. The van der Waals surface area contributed by atoms with Gasteiger partial charge in [-0.15, -0.1) is 0 Å². The molecule has 11 amide bonds. The number of amides is 11.